The highest BCUT2D eigenvalue weighted by Crippen LogP contribution is 2.33. The Kier molecular flexibility index (Phi) is 3.66. The molecule has 0 spiro atoms. The molecule has 0 heterocycles. The van der Waals surface area contributed by atoms with Gasteiger partial charge in [0, 0.05) is 6.54 Å². The van der Waals surface area contributed by atoms with Gasteiger partial charge in [-0.25, -0.2) is 0 Å². The van der Waals surface area contributed by atoms with E-state index in [1.807, 2.05) is 0 Å². The van der Waals surface area contributed by atoms with E-state index in [4.69, 9.17) is 4.74 Å². The van der Waals surface area contributed by atoms with Crippen molar-refractivity contribution in [2.75, 3.05) is 19.0 Å². The fourth-order valence-corrected chi connectivity index (χ4v) is 1.80. The number of rotatable bonds is 6. The fourth-order valence-electron chi connectivity index (χ4n) is 1.80. The van der Waals surface area contributed by atoms with Gasteiger partial charge in [0.05, 0.1) is 24.2 Å². The molecule has 1 unspecified atom stereocenters. The first kappa shape index (κ1) is 12.6. The molecule has 0 aliphatic heterocycles. The second-order valence-corrected chi connectivity index (χ2v) is 4.43. The predicted octanol–water partition coefficient (Wildman–Crippen LogP) is 1.79. The molecule has 0 bridgehead atoms. The molecule has 1 aromatic carbocycles. The largest absolute Gasteiger partial charge is 0.496 e. The molecule has 98 valence electrons. The lowest BCUT2D eigenvalue weighted by molar-refractivity contribution is -0.384. The van der Waals surface area contributed by atoms with Gasteiger partial charge in [-0.15, -0.1) is 0 Å². The molecular weight excluding hydrogens is 236 g/mol. The maximum absolute atomic E-state index is 10.9. The number of hydrogen-bond donors (Lipinski definition) is 2. The Morgan fingerprint density at radius 3 is 2.89 bits per heavy atom. The smallest absolute Gasteiger partial charge is 0.296 e. The minimum atomic E-state index is -0.464. The number of nitrogens with zero attached hydrogens (tertiary/aromatic N) is 1. The standard InChI is InChI=1S/C12H16N2O4/c1-18-9-4-5-10(11(6-9)14(16)17)13-7-12(15)8-2-3-8/h4-6,8,12-13,15H,2-3,7H2,1H3. The van der Waals surface area contributed by atoms with E-state index in [1.54, 1.807) is 12.1 Å². The molecule has 1 aliphatic carbocycles. The van der Waals surface area contributed by atoms with Crippen LogP contribution in [0, 0.1) is 16.0 Å². The second-order valence-electron chi connectivity index (χ2n) is 4.43. The first-order valence-electron chi connectivity index (χ1n) is 5.86. The Balaban J connectivity index is 2.08. The van der Waals surface area contributed by atoms with E-state index in [1.165, 1.54) is 13.2 Å². The molecule has 1 aliphatic rings. The predicted molar refractivity (Wildman–Crippen MR) is 66.9 cm³/mol. The second kappa shape index (κ2) is 5.22. The lowest BCUT2D eigenvalue weighted by Crippen LogP contribution is -2.21. The zero-order valence-electron chi connectivity index (χ0n) is 10.1. The van der Waals surface area contributed by atoms with Crippen molar-refractivity contribution in [3.05, 3.63) is 28.3 Å². The van der Waals surface area contributed by atoms with Gasteiger partial charge in [0.1, 0.15) is 11.4 Å². The summed E-state index contributed by atoms with van der Waals surface area (Å²) in [6, 6.07) is 4.61. The highest BCUT2D eigenvalue weighted by Gasteiger charge is 2.29. The van der Waals surface area contributed by atoms with Gasteiger partial charge >= 0.3 is 0 Å². The molecule has 6 heteroatoms. The summed E-state index contributed by atoms with van der Waals surface area (Å²) in [7, 11) is 1.46. The maximum Gasteiger partial charge on any atom is 0.296 e. The normalized spacial score (nSPS) is 16.1. The Morgan fingerprint density at radius 1 is 1.61 bits per heavy atom. The van der Waals surface area contributed by atoms with Gasteiger partial charge in [0.2, 0.25) is 0 Å². The van der Waals surface area contributed by atoms with Crippen LogP contribution in [0.2, 0.25) is 0 Å². The van der Waals surface area contributed by atoms with Crippen molar-refractivity contribution in [2.45, 2.75) is 18.9 Å². The van der Waals surface area contributed by atoms with E-state index in [9.17, 15) is 15.2 Å². The van der Waals surface area contributed by atoms with Crippen molar-refractivity contribution in [2.24, 2.45) is 5.92 Å². The van der Waals surface area contributed by atoms with Crippen molar-refractivity contribution in [3.8, 4) is 5.75 Å². The molecule has 0 amide bonds. The number of hydrogen-bond acceptors (Lipinski definition) is 5. The molecule has 18 heavy (non-hydrogen) atoms. The Labute approximate surface area is 105 Å². The van der Waals surface area contributed by atoms with Crippen molar-refractivity contribution < 1.29 is 14.8 Å². The number of nitro benzene ring substituents is 1. The molecule has 0 radical (unpaired) electrons. The van der Waals surface area contributed by atoms with Gasteiger partial charge in [-0.3, -0.25) is 10.1 Å². The summed E-state index contributed by atoms with van der Waals surface area (Å²) in [4.78, 5) is 10.5. The van der Waals surface area contributed by atoms with E-state index in [2.05, 4.69) is 5.32 Å². The van der Waals surface area contributed by atoms with Crippen LogP contribution in [-0.2, 0) is 0 Å². The topological polar surface area (TPSA) is 84.6 Å². The number of anilines is 1. The lowest BCUT2D eigenvalue weighted by Gasteiger charge is -2.12. The van der Waals surface area contributed by atoms with E-state index in [-0.39, 0.29) is 5.69 Å². The van der Waals surface area contributed by atoms with Crippen LogP contribution in [0.4, 0.5) is 11.4 Å². The van der Waals surface area contributed by atoms with Crippen LogP contribution in [0.1, 0.15) is 12.8 Å². The van der Waals surface area contributed by atoms with Crippen molar-refractivity contribution >= 4 is 11.4 Å². The first-order valence-corrected chi connectivity index (χ1v) is 5.86. The molecule has 1 fully saturated rings. The Hall–Kier alpha value is -1.82. The molecule has 0 saturated heterocycles. The fraction of sp³-hybridized carbons (Fsp3) is 0.500. The third-order valence-corrected chi connectivity index (χ3v) is 3.07. The Bertz CT molecular complexity index is 446. The summed E-state index contributed by atoms with van der Waals surface area (Å²) in [5.74, 6) is 0.782. The van der Waals surface area contributed by atoms with Gasteiger partial charge in [0.15, 0.2) is 0 Å². The minimum Gasteiger partial charge on any atom is -0.496 e. The third kappa shape index (κ3) is 2.89. The van der Waals surface area contributed by atoms with Crippen LogP contribution in [-0.4, -0.2) is 29.8 Å². The molecule has 2 rings (SSSR count). The van der Waals surface area contributed by atoms with Crippen LogP contribution < -0.4 is 10.1 Å². The van der Waals surface area contributed by atoms with E-state index in [0.29, 0.717) is 23.9 Å². The SMILES string of the molecule is COc1ccc(NCC(O)C2CC2)c([N+](=O)[O-])c1. The number of aliphatic hydroxyl groups is 1. The number of ether oxygens (including phenoxy) is 1. The molecule has 1 aromatic rings. The quantitative estimate of drug-likeness (QED) is 0.595. The summed E-state index contributed by atoms with van der Waals surface area (Å²) in [5, 5.41) is 23.6. The highest BCUT2D eigenvalue weighted by molar-refractivity contribution is 5.63. The molecule has 1 atom stereocenters. The number of nitro groups is 1. The zero-order chi connectivity index (χ0) is 13.1. The summed E-state index contributed by atoms with van der Waals surface area (Å²) in [6.07, 6.45) is 1.63. The molecule has 6 nitrogen and oxygen atoms in total. The van der Waals surface area contributed by atoms with Gasteiger partial charge in [-0.2, -0.15) is 0 Å². The van der Waals surface area contributed by atoms with Crippen LogP contribution in [0.3, 0.4) is 0 Å². The van der Waals surface area contributed by atoms with Gasteiger partial charge in [-0.1, -0.05) is 0 Å². The molecule has 2 N–H and O–H groups in total. The molecule has 1 saturated carbocycles. The number of aliphatic hydroxyl groups excluding tert-OH is 1. The van der Waals surface area contributed by atoms with Crippen LogP contribution in [0.25, 0.3) is 0 Å². The van der Waals surface area contributed by atoms with E-state index >= 15 is 0 Å². The maximum atomic E-state index is 10.9. The van der Waals surface area contributed by atoms with Gasteiger partial charge in [0.25, 0.3) is 5.69 Å². The highest BCUT2D eigenvalue weighted by atomic mass is 16.6. The number of benzene rings is 1. The molecular formula is C12H16N2O4. The van der Waals surface area contributed by atoms with Crippen molar-refractivity contribution in [3.63, 3.8) is 0 Å². The van der Waals surface area contributed by atoms with Gasteiger partial charge in [-0.05, 0) is 30.9 Å². The summed E-state index contributed by atoms with van der Waals surface area (Å²) in [5.41, 5.74) is 0.359. The zero-order valence-corrected chi connectivity index (χ0v) is 10.1. The summed E-state index contributed by atoms with van der Waals surface area (Å²) in [6.45, 7) is 0.331. The summed E-state index contributed by atoms with van der Waals surface area (Å²) >= 11 is 0. The van der Waals surface area contributed by atoms with E-state index in [0.717, 1.165) is 12.8 Å². The minimum absolute atomic E-state index is 0.0441. The monoisotopic (exact) mass is 252 g/mol. The van der Waals surface area contributed by atoms with Crippen LogP contribution in [0.15, 0.2) is 18.2 Å². The first-order chi connectivity index (χ1) is 8.61. The number of methoxy groups -OCH3 is 1. The third-order valence-electron chi connectivity index (χ3n) is 3.07. The average Bonchev–Trinajstić information content (AvgIpc) is 3.19. The van der Waals surface area contributed by atoms with Gasteiger partial charge < -0.3 is 15.2 Å². The van der Waals surface area contributed by atoms with Crippen LogP contribution in [0.5, 0.6) is 5.75 Å². The Morgan fingerprint density at radius 2 is 2.33 bits per heavy atom. The lowest BCUT2D eigenvalue weighted by atomic mass is 10.2. The summed E-state index contributed by atoms with van der Waals surface area (Å²) < 4.78 is 4.95. The van der Waals surface area contributed by atoms with Crippen molar-refractivity contribution in [1.29, 1.82) is 0 Å². The van der Waals surface area contributed by atoms with E-state index < -0.39 is 11.0 Å². The molecule has 0 aromatic heterocycles. The van der Waals surface area contributed by atoms with Crippen molar-refractivity contribution in [1.82, 2.24) is 0 Å². The van der Waals surface area contributed by atoms with Crippen LogP contribution >= 0.6 is 0 Å². The number of nitrogens with one attached hydrogen (secondary N) is 1. The average molecular weight is 252 g/mol.